The molecule has 0 aromatic carbocycles. The van der Waals surface area contributed by atoms with Crippen molar-refractivity contribution in [2.24, 2.45) is 0 Å². The number of hydrogen-bond acceptors (Lipinski definition) is 5. The Bertz CT molecular complexity index is 160. The van der Waals surface area contributed by atoms with Gasteiger partial charge in [0, 0.05) is 26.4 Å². The second kappa shape index (κ2) is 11.9. The molecule has 1 N–H and O–H groups in total. The van der Waals surface area contributed by atoms with Crippen LogP contribution in [0.4, 0.5) is 0 Å². The largest absolute Gasteiger partial charge is 0.636 e. The van der Waals surface area contributed by atoms with Crippen molar-refractivity contribution in [1.29, 1.82) is 0 Å². The molecule has 0 radical (unpaired) electrons. The van der Waals surface area contributed by atoms with E-state index in [1.54, 1.807) is 0 Å². The fourth-order valence-electron chi connectivity index (χ4n) is 1.17. The first kappa shape index (κ1) is 17.9. The van der Waals surface area contributed by atoms with Gasteiger partial charge in [0.2, 0.25) is 0 Å². The molecular weight excluding hydrogens is 235 g/mol. The molecule has 5 nitrogen and oxygen atoms in total. The highest BCUT2D eigenvalue weighted by molar-refractivity contribution is 6.34. The minimum atomic E-state index is -1.15. The van der Waals surface area contributed by atoms with Gasteiger partial charge in [0.05, 0.1) is 12.2 Å². The van der Waals surface area contributed by atoms with Crippen molar-refractivity contribution in [3.63, 3.8) is 0 Å². The van der Waals surface area contributed by atoms with E-state index in [1.165, 1.54) is 0 Å². The van der Waals surface area contributed by atoms with Crippen molar-refractivity contribution in [2.45, 2.75) is 52.7 Å². The molecule has 0 saturated carbocycles. The maximum atomic E-state index is 9.34. The first-order valence-electron chi connectivity index (χ1n) is 6.67. The Morgan fingerprint density at radius 2 is 1.17 bits per heavy atom. The average molecular weight is 262 g/mol. The minimum Gasteiger partial charge on any atom is -0.402 e. The van der Waals surface area contributed by atoms with Crippen molar-refractivity contribution in [3.8, 4) is 0 Å². The highest BCUT2D eigenvalue weighted by Crippen LogP contribution is 1.95. The van der Waals surface area contributed by atoms with E-state index in [9.17, 15) is 5.02 Å². The van der Waals surface area contributed by atoms with Crippen LogP contribution in [0.5, 0.6) is 0 Å². The van der Waals surface area contributed by atoms with Gasteiger partial charge in [0.25, 0.3) is 0 Å². The molecule has 0 saturated heterocycles. The maximum absolute atomic E-state index is 9.34. The van der Waals surface area contributed by atoms with Gasteiger partial charge < -0.3 is 23.8 Å². The molecule has 0 rings (SSSR count). The summed E-state index contributed by atoms with van der Waals surface area (Å²) in [4.78, 5) is 0. The number of hydrogen-bond donors (Lipinski definition) is 1. The van der Waals surface area contributed by atoms with Crippen LogP contribution in [0.2, 0.25) is 0 Å². The molecule has 18 heavy (non-hydrogen) atoms. The first-order chi connectivity index (χ1) is 8.52. The molecule has 0 aromatic heterocycles. The van der Waals surface area contributed by atoms with Gasteiger partial charge >= 0.3 is 7.32 Å². The van der Waals surface area contributed by atoms with Crippen molar-refractivity contribution in [3.05, 3.63) is 0 Å². The summed E-state index contributed by atoms with van der Waals surface area (Å²) in [6.07, 6.45) is 1.95. The van der Waals surface area contributed by atoms with Crippen LogP contribution in [-0.2, 0) is 18.8 Å². The Kier molecular flexibility index (Phi) is 11.8. The molecule has 0 amide bonds. The smallest absolute Gasteiger partial charge is 0.402 e. The Hall–Kier alpha value is -0.135. The summed E-state index contributed by atoms with van der Waals surface area (Å²) in [6, 6.07) is 0. The second-order valence-corrected chi connectivity index (χ2v) is 4.59. The van der Waals surface area contributed by atoms with Crippen molar-refractivity contribution in [1.82, 2.24) is 0 Å². The fraction of sp³-hybridized carbons (Fsp3) is 1.00. The highest BCUT2D eigenvalue weighted by atomic mass is 16.7. The van der Waals surface area contributed by atoms with Gasteiger partial charge in [0.1, 0.15) is 0 Å². The molecule has 0 fully saturated rings. The van der Waals surface area contributed by atoms with Crippen LogP contribution < -0.4 is 0 Å². The van der Waals surface area contributed by atoms with E-state index in [0.29, 0.717) is 26.4 Å². The molecular formula is C12H27BO5. The van der Waals surface area contributed by atoms with Gasteiger partial charge in [-0.25, -0.2) is 0 Å². The maximum Gasteiger partial charge on any atom is 0.636 e. The van der Waals surface area contributed by atoms with Gasteiger partial charge in [-0.1, -0.05) is 0 Å². The second-order valence-electron chi connectivity index (χ2n) is 4.59. The normalized spacial score (nSPS) is 11.5. The van der Waals surface area contributed by atoms with E-state index >= 15 is 0 Å². The first-order valence-corrected chi connectivity index (χ1v) is 6.67. The van der Waals surface area contributed by atoms with Crippen molar-refractivity contribution >= 4 is 7.32 Å². The van der Waals surface area contributed by atoms with Crippen LogP contribution in [0.3, 0.4) is 0 Å². The molecule has 0 bridgehead atoms. The third kappa shape index (κ3) is 13.9. The third-order valence-corrected chi connectivity index (χ3v) is 2.00. The molecule has 0 aromatic rings. The summed E-state index contributed by atoms with van der Waals surface area (Å²) < 4.78 is 20.8. The molecule has 0 atom stereocenters. The molecule has 6 heteroatoms. The van der Waals surface area contributed by atoms with E-state index in [-0.39, 0.29) is 12.2 Å². The van der Waals surface area contributed by atoms with E-state index < -0.39 is 7.32 Å². The summed E-state index contributed by atoms with van der Waals surface area (Å²) in [7, 11) is -1.15. The molecule has 0 aliphatic heterocycles. The van der Waals surface area contributed by atoms with Crippen LogP contribution in [0, 0.1) is 0 Å². The lowest BCUT2D eigenvalue weighted by atomic mass is 10.2. The Labute approximate surface area is 111 Å². The van der Waals surface area contributed by atoms with Gasteiger partial charge in [-0.3, -0.25) is 0 Å². The van der Waals surface area contributed by atoms with E-state index in [4.69, 9.17) is 18.8 Å². The minimum absolute atomic E-state index is 0.229. The zero-order valence-corrected chi connectivity index (χ0v) is 12.1. The highest BCUT2D eigenvalue weighted by Gasteiger charge is 2.14. The van der Waals surface area contributed by atoms with Gasteiger partial charge in [-0.2, -0.15) is 0 Å². The Balaban J connectivity index is 3.19. The van der Waals surface area contributed by atoms with Crippen LogP contribution in [-0.4, -0.2) is 51.0 Å². The Morgan fingerprint density at radius 3 is 1.50 bits per heavy atom. The summed E-state index contributed by atoms with van der Waals surface area (Å²) >= 11 is 0. The lowest BCUT2D eigenvalue weighted by molar-refractivity contribution is 0.0519. The van der Waals surface area contributed by atoms with E-state index in [1.807, 2.05) is 27.7 Å². The molecule has 0 spiro atoms. The van der Waals surface area contributed by atoms with Crippen LogP contribution >= 0.6 is 0 Å². The zero-order chi connectivity index (χ0) is 13.8. The van der Waals surface area contributed by atoms with E-state index in [2.05, 4.69) is 0 Å². The average Bonchev–Trinajstić information content (AvgIpc) is 2.27. The summed E-state index contributed by atoms with van der Waals surface area (Å²) in [5, 5.41) is 9.34. The SMILES string of the molecule is CC(C)OCCCOB(O)OCCCOC(C)C. The van der Waals surface area contributed by atoms with Gasteiger partial charge in [-0.05, 0) is 40.5 Å². The van der Waals surface area contributed by atoms with E-state index in [0.717, 1.165) is 12.8 Å². The predicted molar refractivity (Wildman–Crippen MR) is 71.3 cm³/mol. The molecule has 0 unspecified atom stereocenters. The quantitative estimate of drug-likeness (QED) is 0.428. The summed E-state index contributed by atoms with van der Waals surface area (Å²) in [6.45, 7) is 10.1. The topological polar surface area (TPSA) is 57.2 Å². The fourth-order valence-corrected chi connectivity index (χ4v) is 1.17. The zero-order valence-electron chi connectivity index (χ0n) is 12.1. The standard InChI is InChI=1S/C12H27BO5/c1-11(2)15-7-5-9-17-13(14)18-10-6-8-16-12(3)4/h11-12,14H,5-10H2,1-4H3. The number of ether oxygens (including phenoxy) is 2. The molecule has 108 valence electrons. The molecule has 0 aliphatic carbocycles. The number of rotatable bonds is 12. The Morgan fingerprint density at radius 1 is 0.778 bits per heavy atom. The summed E-state index contributed by atoms with van der Waals surface area (Å²) in [5.41, 5.74) is 0. The monoisotopic (exact) mass is 262 g/mol. The lowest BCUT2D eigenvalue weighted by Crippen LogP contribution is -2.25. The van der Waals surface area contributed by atoms with Crippen LogP contribution in [0.15, 0.2) is 0 Å². The van der Waals surface area contributed by atoms with Crippen molar-refractivity contribution in [2.75, 3.05) is 26.4 Å². The van der Waals surface area contributed by atoms with Gasteiger partial charge in [-0.15, -0.1) is 0 Å². The molecule has 0 heterocycles. The van der Waals surface area contributed by atoms with Crippen LogP contribution in [0.1, 0.15) is 40.5 Å². The van der Waals surface area contributed by atoms with Crippen molar-refractivity contribution < 1.29 is 23.8 Å². The lowest BCUT2D eigenvalue weighted by Gasteiger charge is -2.11. The van der Waals surface area contributed by atoms with Crippen LogP contribution in [0.25, 0.3) is 0 Å². The molecule has 0 aliphatic rings. The van der Waals surface area contributed by atoms with Gasteiger partial charge in [0.15, 0.2) is 0 Å². The third-order valence-electron chi connectivity index (χ3n) is 2.00. The summed E-state index contributed by atoms with van der Waals surface area (Å²) in [5.74, 6) is 0. The predicted octanol–water partition coefficient (Wildman–Crippen LogP) is 1.63.